The number of hydrogen-bond donors (Lipinski definition) is 2. The molecule has 0 aliphatic rings. The van der Waals surface area contributed by atoms with Crippen LogP contribution < -0.4 is 15.8 Å². The molecule has 2 rings (SSSR count). The van der Waals surface area contributed by atoms with E-state index in [-0.39, 0.29) is 5.82 Å². The molecule has 0 bridgehead atoms. The molecular formula is C13H12BrFN2O. The van der Waals surface area contributed by atoms with Gasteiger partial charge in [-0.2, -0.15) is 0 Å². The topological polar surface area (TPSA) is 47.3 Å². The van der Waals surface area contributed by atoms with E-state index in [1.807, 2.05) is 12.1 Å². The smallest absolute Gasteiger partial charge is 0.142 e. The molecule has 18 heavy (non-hydrogen) atoms. The molecule has 3 nitrogen and oxygen atoms in total. The van der Waals surface area contributed by atoms with Gasteiger partial charge in [0.2, 0.25) is 0 Å². The average molecular weight is 311 g/mol. The fourth-order valence-electron chi connectivity index (χ4n) is 1.57. The molecule has 0 amide bonds. The number of nitrogens with one attached hydrogen (secondary N) is 1. The van der Waals surface area contributed by atoms with Gasteiger partial charge in [-0.05, 0) is 30.3 Å². The zero-order valence-corrected chi connectivity index (χ0v) is 11.3. The first kappa shape index (κ1) is 12.7. The summed E-state index contributed by atoms with van der Waals surface area (Å²) in [4.78, 5) is 0. The van der Waals surface area contributed by atoms with Gasteiger partial charge in [-0.15, -0.1) is 0 Å². The first-order valence-corrected chi connectivity index (χ1v) is 6.05. The molecule has 3 N–H and O–H groups in total. The summed E-state index contributed by atoms with van der Waals surface area (Å²) >= 11 is 3.33. The molecular weight excluding hydrogens is 299 g/mol. The van der Waals surface area contributed by atoms with Gasteiger partial charge in [0.1, 0.15) is 11.6 Å². The fourth-order valence-corrected chi connectivity index (χ4v) is 1.95. The van der Waals surface area contributed by atoms with Gasteiger partial charge < -0.3 is 15.8 Å². The quantitative estimate of drug-likeness (QED) is 0.845. The van der Waals surface area contributed by atoms with Crippen LogP contribution in [0.25, 0.3) is 0 Å². The Bertz CT molecular complexity index is 575. The first-order chi connectivity index (χ1) is 8.60. The number of benzene rings is 2. The first-order valence-electron chi connectivity index (χ1n) is 5.26. The van der Waals surface area contributed by atoms with E-state index in [0.29, 0.717) is 22.8 Å². The molecule has 0 aliphatic carbocycles. The van der Waals surface area contributed by atoms with E-state index in [1.165, 1.54) is 19.2 Å². The van der Waals surface area contributed by atoms with Crippen molar-refractivity contribution in [2.75, 3.05) is 18.2 Å². The maximum Gasteiger partial charge on any atom is 0.142 e. The van der Waals surface area contributed by atoms with Gasteiger partial charge >= 0.3 is 0 Å². The van der Waals surface area contributed by atoms with Crippen LogP contribution in [0.1, 0.15) is 0 Å². The van der Waals surface area contributed by atoms with E-state index in [1.54, 1.807) is 12.1 Å². The highest BCUT2D eigenvalue weighted by Gasteiger charge is 2.07. The van der Waals surface area contributed by atoms with Crippen LogP contribution in [0.4, 0.5) is 21.5 Å². The predicted octanol–water partition coefficient (Wildman–Crippen LogP) is 3.92. The van der Waals surface area contributed by atoms with Crippen LogP contribution in [-0.4, -0.2) is 7.11 Å². The van der Waals surface area contributed by atoms with E-state index >= 15 is 0 Å². The minimum Gasteiger partial charge on any atom is -0.495 e. The summed E-state index contributed by atoms with van der Waals surface area (Å²) in [6.45, 7) is 0. The van der Waals surface area contributed by atoms with Crippen molar-refractivity contribution in [3.8, 4) is 5.75 Å². The van der Waals surface area contributed by atoms with Crippen molar-refractivity contribution in [3.05, 3.63) is 46.7 Å². The zero-order valence-electron chi connectivity index (χ0n) is 9.71. The van der Waals surface area contributed by atoms with Crippen LogP contribution >= 0.6 is 15.9 Å². The van der Waals surface area contributed by atoms with Crippen molar-refractivity contribution in [2.24, 2.45) is 0 Å². The van der Waals surface area contributed by atoms with E-state index in [4.69, 9.17) is 10.5 Å². The Kier molecular flexibility index (Phi) is 3.72. The highest BCUT2D eigenvalue weighted by Crippen LogP contribution is 2.31. The van der Waals surface area contributed by atoms with Crippen molar-refractivity contribution >= 4 is 33.0 Å². The lowest BCUT2D eigenvalue weighted by Gasteiger charge is -2.13. The molecule has 5 heteroatoms. The Labute approximate surface area is 113 Å². The maximum atomic E-state index is 13.2. The fraction of sp³-hybridized carbons (Fsp3) is 0.0769. The van der Waals surface area contributed by atoms with Crippen LogP contribution in [0.5, 0.6) is 5.75 Å². The van der Waals surface area contributed by atoms with Gasteiger partial charge in [0, 0.05) is 10.5 Å². The van der Waals surface area contributed by atoms with Crippen LogP contribution in [0.2, 0.25) is 0 Å². The number of ether oxygens (including phenoxy) is 1. The molecule has 0 fully saturated rings. The van der Waals surface area contributed by atoms with Crippen molar-refractivity contribution in [3.63, 3.8) is 0 Å². The zero-order chi connectivity index (χ0) is 13.1. The number of rotatable bonds is 3. The Morgan fingerprint density at radius 2 is 1.94 bits per heavy atom. The van der Waals surface area contributed by atoms with Crippen molar-refractivity contribution < 1.29 is 9.13 Å². The average Bonchev–Trinajstić information content (AvgIpc) is 2.33. The standard InChI is InChI=1S/C13H12BrFN2O/c1-18-13-5-3-9(15)7-12(13)17-11-4-2-8(14)6-10(11)16/h2-7,17H,16H2,1H3. The number of hydrogen-bond acceptors (Lipinski definition) is 3. The van der Waals surface area contributed by atoms with E-state index < -0.39 is 0 Å². The molecule has 0 heterocycles. The lowest BCUT2D eigenvalue weighted by Crippen LogP contribution is -1.98. The Morgan fingerprint density at radius 1 is 1.17 bits per heavy atom. The predicted molar refractivity (Wildman–Crippen MR) is 74.8 cm³/mol. The summed E-state index contributed by atoms with van der Waals surface area (Å²) in [7, 11) is 1.53. The number of anilines is 3. The third-order valence-electron chi connectivity index (χ3n) is 2.44. The highest BCUT2D eigenvalue weighted by molar-refractivity contribution is 9.10. The van der Waals surface area contributed by atoms with E-state index in [0.717, 1.165) is 4.47 Å². The second-order valence-electron chi connectivity index (χ2n) is 3.70. The normalized spacial score (nSPS) is 10.2. The van der Waals surface area contributed by atoms with Crippen LogP contribution in [-0.2, 0) is 0 Å². The summed E-state index contributed by atoms with van der Waals surface area (Å²) in [6.07, 6.45) is 0. The van der Waals surface area contributed by atoms with Gasteiger partial charge in [-0.3, -0.25) is 0 Å². The molecule has 0 aromatic heterocycles. The summed E-state index contributed by atoms with van der Waals surface area (Å²) in [6, 6.07) is 9.70. The van der Waals surface area contributed by atoms with Crippen LogP contribution in [0, 0.1) is 5.82 Å². The third kappa shape index (κ3) is 2.73. The number of nitrogen functional groups attached to an aromatic ring is 1. The molecule has 0 spiro atoms. The Hall–Kier alpha value is -1.75. The van der Waals surface area contributed by atoms with Crippen molar-refractivity contribution in [1.29, 1.82) is 0 Å². The van der Waals surface area contributed by atoms with Crippen LogP contribution in [0.15, 0.2) is 40.9 Å². The summed E-state index contributed by atoms with van der Waals surface area (Å²) in [5, 5.41) is 3.05. The second kappa shape index (κ2) is 5.27. The molecule has 94 valence electrons. The third-order valence-corrected chi connectivity index (χ3v) is 2.94. The Balaban J connectivity index is 2.36. The molecule has 0 atom stereocenters. The molecule has 0 aliphatic heterocycles. The van der Waals surface area contributed by atoms with E-state index in [2.05, 4.69) is 21.2 Å². The molecule has 2 aromatic carbocycles. The minimum atomic E-state index is -0.339. The highest BCUT2D eigenvalue weighted by atomic mass is 79.9. The molecule has 0 saturated carbocycles. The lowest BCUT2D eigenvalue weighted by atomic mass is 10.2. The maximum absolute atomic E-state index is 13.2. The largest absolute Gasteiger partial charge is 0.495 e. The number of halogens is 2. The SMILES string of the molecule is COc1ccc(F)cc1Nc1ccc(Br)cc1N. The van der Waals surface area contributed by atoms with E-state index in [9.17, 15) is 4.39 Å². The van der Waals surface area contributed by atoms with Crippen molar-refractivity contribution in [1.82, 2.24) is 0 Å². The van der Waals surface area contributed by atoms with Gasteiger partial charge in [0.15, 0.2) is 0 Å². The molecule has 0 radical (unpaired) electrons. The monoisotopic (exact) mass is 310 g/mol. The number of methoxy groups -OCH3 is 1. The van der Waals surface area contributed by atoms with Crippen molar-refractivity contribution in [2.45, 2.75) is 0 Å². The summed E-state index contributed by atoms with van der Waals surface area (Å²) < 4.78 is 19.3. The molecule has 2 aromatic rings. The van der Waals surface area contributed by atoms with Gasteiger partial charge in [-0.1, -0.05) is 15.9 Å². The summed E-state index contributed by atoms with van der Waals surface area (Å²) in [5.74, 6) is 0.215. The molecule has 0 unspecified atom stereocenters. The van der Waals surface area contributed by atoms with Gasteiger partial charge in [0.25, 0.3) is 0 Å². The second-order valence-corrected chi connectivity index (χ2v) is 4.62. The molecule has 0 saturated heterocycles. The minimum absolute atomic E-state index is 0.339. The van der Waals surface area contributed by atoms with Crippen LogP contribution in [0.3, 0.4) is 0 Å². The Morgan fingerprint density at radius 3 is 2.61 bits per heavy atom. The van der Waals surface area contributed by atoms with Gasteiger partial charge in [0.05, 0.1) is 24.2 Å². The lowest BCUT2D eigenvalue weighted by molar-refractivity contribution is 0.416. The van der Waals surface area contributed by atoms with Gasteiger partial charge in [-0.25, -0.2) is 4.39 Å². The summed E-state index contributed by atoms with van der Waals surface area (Å²) in [5.41, 5.74) is 7.67. The number of nitrogens with two attached hydrogens (primary N) is 1.